The lowest BCUT2D eigenvalue weighted by molar-refractivity contribution is -0.149. The van der Waals surface area contributed by atoms with Crippen LogP contribution in [0.25, 0.3) is 0 Å². The highest BCUT2D eigenvalue weighted by molar-refractivity contribution is 6.33. The lowest BCUT2D eigenvalue weighted by Gasteiger charge is -2.17. The summed E-state index contributed by atoms with van der Waals surface area (Å²) in [5, 5.41) is 0.856. The van der Waals surface area contributed by atoms with Gasteiger partial charge < -0.3 is 9.64 Å². The van der Waals surface area contributed by atoms with Crippen molar-refractivity contribution in [3.05, 3.63) is 58.3 Å². The molecule has 0 N–H and O–H groups in total. The summed E-state index contributed by atoms with van der Waals surface area (Å²) in [5.41, 5.74) is 1.35. The highest BCUT2D eigenvalue weighted by Crippen LogP contribution is 2.31. The van der Waals surface area contributed by atoms with Crippen LogP contribution in [0, 0.1) is 5.92 Å². The highest BCUT2D eigenvalue weighted by Gasteiger charge is 2.36. The number of aromatic nitrogens is 1. The predicted molar refractivity (Wildman–Crippen MR) is 91.0 cm³/mol. The van der Waals surface area contributed by atoms with E-state index in [2.05, 4.69) is 4.98 Å². The van der Waals surface area contributed by atoms with Gasteiger partial charge in [-0.3, -0.25) is 9.59 Å². The molecule has 0 saturated carbocycles. The van der Waals surface area contributed by atoms with Crippen LogP contribution in [0.4, 0.5) is 5.69 Å². The quantitative estimate of drug-likeness (QED) is 0.615. The van der Waals surface area contributed by atoms with Crippen molar-refractivity contribution in [1.29, 1.82) is 0 Å². The second-order valence-corrected chi connectivity index (χ2v) is 6.25. The molecule has 1 atom stereocenters. The maximum atomic E-state index is 12.2. The first-order valence-corrected chi connectivity index (χ1v) is 8.12. The Morgan fingerprint density at radius 3 is 2.75 bits per heavy atom. The molecular weight excluding hydrogens is 351 g/mol. The van der Waals surface area contributed by atoms with E-state index in [1.807, 2.05) is 0 Å². The molecule has 2 heterocycles. The molecule has 1 saturated heterocycles. The van der Waals surface area contributed by atoms with Gasteiger partial charge in [-0.25, -0.2) is 4.98 Å². The van der Waals surface area contributed by atoms with E-state index in [4.69, 9.17) is 27.9 Å². The first-order valence-electron chi connectivity index (χ1n) is 7.36. The molecule has 2 aromatic rings. The fraction of sp³-hybridized carbons (Fsp3) is 0.235. The average Bonchev–Trinajstić information content (AvgIpc) is 2.96. The predicted octanol–water partition coefficient (Wildman–Crippen LogP) is 3.48. The Balaban J connectivity index is 1.62. The molecule has 1 amide bonds. The number of carbonyl (C=O) groups is 2. The number of hydrogen-bond donors (Lipinski definition) is 0. The Morgan fingerprint density at radius 2 is 2.04 bits per heavy atom. The lowest BCUT2D eigenvalue weighted by Crippen LogP contribution is -2.26. The van der Waals surface area contributed by atoms with Crippen molar-refractivity contribution >= 4 is 40.8 Å². The van der Waals surface area contributed by atoms with E-state index in [0.29, 0.717) is 15.9 Å². The van der Waals surface area contributed by atoms with Crippen LogP contribution in [0.1, 0.15) is 12.0 Å². The zero-order chi connectivity index (χ0) is 17.1. The van der Waals surface area contributed by atoms with Crippen LogP contribution in [0.5, 0.6) is 0 Å². The number of anilines is 1. The van der Waals surface area contributed by atoms with Crippen LogP contribution in [0.2, 0.25) is 10.2 Å². The normalized spacial score (nSPS) is 17.2. The van der Waals surface area contributed by atoms with Crippen molar-refractivity contribution in [3.8, 4) is 0 Å². The van der Waals surface area contributed by atoms with E-state index in [0.717, 1.165) is 5.56 Å². The van der Waals surface area contributed by atoms with Gasteiger partial charge in [-0.2, -0.15) is 0 Å². The van der Waals surface area contributed by atoms with Crippen molar-refractivity contribution in [3.63, 3.8) is 0 Å². The molecule has 124 valence electrons. The number of amides is 1. The monoisotopic (exact) mass is 364 g/mol. The summed E-state index contributed by atoms with van der Waals surface area (Å²) in [4.78, 5) is 29.9. The molecule has 0 bridgehead atoms. The van der Waals surface area contributed by atoms with Crippen molar-refractivity contribution in [1.82, 2.24) is 4.98 Å². The first kappa shape index (κ1) is 16.7. The number of ether oxygens (including phenoxy) is 1. The molecule has 1 fully saturated rings. The summed E-state index contributed by atoms with van der Waals surface area (Å²) in [6.45, 7) is 0.361. The summed E-state index contributed by atoms with van der Waals surface area (Å²) in [6, 6.07) is 10.4. The summed E-state index contributed by atoms with van der Waals surface area (Å²) < 4.78 is 5.28. The molecular formula is C17H14Cl2N2O3. The second-order valence-electron chi connectivity index (χ2n) is 5.45. The van der Waals surface area contributed by atoms with Crippen molar-refractivity contribution < 1.29 is 14.3 Å². The molecule has 1 aliphatic heterocycles. The van der Waals surface area contributed by atoms with Crippen molar-refractivity contribution in [2.45, 2.75) is 13.0 Å². The van der Waals surface area contributed by atoms with Gasteiger partial charge in [0.1, 0.15) is 11.8 Å². The fourth-order valence-corrected chi connectivity index (χ4v) is 2.88. The van der Waals surface area contributed by atoms with Crippen molar-refractivity contribution in [2.75, 3.05) is 11.4 Å². The minimum atomic E-state index is -0.506. The van der Waals surface area contributed by atoms with Crippen LogP contribution in [0.15, 0.2) is 42.6 Å². The number of halogens is 2. The average molecular weight is 365 g/mol. The third-order valence-corrected chi connectivity index (χ3v) is 4.31. The highest BCUT2D eigenvalue weighted by atomic mass is 35.5. The van der Waals surface area contributed by atoms with E-state index >= 15 is 0 Å². The third-order valence-electron chi connectivity index (χ3n) is 3.77. The molecule has 1 unspecified atom stereocenters. The van der Waals surface area contributed by atoms with Crippen LogP contribution in [-0.2, 0) is 20.9 Å². The third kappa shape index (κ3) is 3.68. The topological polar surface area (TPSA) is 59.5 Å². The molecule has 1 aromatic carbocycles. The molecule has 0 aliphatic carbocycles. The van der Waals surface area contributed by atoms with Gasteiger partial charge in [0.15, 0.2) is 0 Å². The van der Waals surface area contributed by atoms with Gasteiger partial charge in [-0.15, -0.1) is 0 Å². The number of carbonyl (C=O) groups excluding carboxylic acids is 2. The summed E-state index contributed by atoms with van der Waals surface area (Å²) in [5.74, 6) is -1.06. The fourth-order valence-electron chi connectivity index (χ4n) is 2.53. The summed E-state index contributed by atoms with van der Waals surface area (Å²) in [7, 11) is 0. The number of pyridine rings is 1. The number of hydrogen-bond acceptors (Lipinski definition) is 4. The number of benzene rings is 1. The Morgan fingerprint density at radius 1 is 1.25 bits per heavy atom. The Bertz CT molecular complexity index is 765. The largest absolute Gasteiger partial charge is 0.460 e. The molecule has 3 rings (SSSR count). The SMILES string of the molecule is O=C(OCc1ccc(Cl)nc1)C1CC(=O)N(c2ccccc2Cl)C1. The van der Waals surface area contributed by atoms with Gasteiger partial charge in [-0.1, -0.05) is 41.4 Å². The molecule has 5 nitrogen and oxygen atoms in total. The molecule has 0 radical (unpaired) electrons. The lowest BCUT2D eigenvalue weighted by atomic mass is 10.1. The van der Waals surface area contributed by atoms with E-state index < -0.39 is 11.9 Å². The number of rotatable bonds is 4. The van der Waals surface area contributed by atoms with Gasteiger partial charge in [0.25, 0.3) is 0 Å². The van der Waals surface area contributed by atoms with E-state index in [1.165, 1.54) is 4.90 Å². The van der Waals surface area contributed by atoms with Gasteiger partial charge in [0.05, 0.1) is 16.6 Å². The number of nitrogens with zero attached hydrogens (tertiary/aromatic N) is 2. The smallest absolute Gasteiger partial charge is 0.311 e. The van der Waals surface area contributed by atoms with Gasteiger partial charge in [0, 0.05) is 24.7 Å². The van der Waals surface area contributed by atoms with Crippen LogP contribution in [0.3, 0.4) is 0 Å². The summed E-state index contributed by atoms with van der Waals surface area (Å²) >= 11 is 11.8. The maximum Gasteiger partial charge on any atom is 0.311 e. The van der Waals surface area contributed by atoms with Gasteiger partial charge >= 0.3 is 5.97 Å². The van der Waals surface area contributed by atoms with E-state index in [1.54, 1.807) is 42.6 Å². The van der Waals surface area contributed by atoms with Gasteiger partial charge in [-0.05, 0) is 18.2 Å². The first-order chi connectivity index (χ1) is 11.5. The van der Waals surface area contributed by atoms with Crippen LogP contribution >= 0.6 is 23.2 Å². The number of para-hydroxylation sites is 1. The Kier molecular flexibility index (Phi) is 5.02. The minimum Gasteiger partial charge on any atom is -0.460 e. The minimum absolute atomic E-state index is 0.0970. The van der Waals surface area contributed by atoms with E-state index in [-0.39, 0.29) is 25.5 Å². The molecule has 1 aliphatic rings. The standard InChI is InChI=1S/C17H14Cl2N2O3/c18-13-3-1-2-4-14(13)21-9-12(7-16(21)22)17(23)24-10-11-5-6-15(19)20-8-11/h1-6,8,12H,7,9-10H2. The molecule has 24 heavy (non-hydrogen) atoms. The maximum absolute atomic E-state index is 12.2. The Labute approximate surface area is 149 Å². The molecule has 7 heteroatoms. The zero-order valence-electron chi connectivity index (χ0n) is 12.6. The second kappa shape index (κ2) is 7.20. The summed E-state index contributed by atoms with van der Waals surface area (Å²) in [6.07, 6.45) is 1.66. The van der Waals surface area contributed by atoms with Crippen molar-refractivity contribution in [2.24, 2.45) is 5.92 Å². The van der Waals surface area contributed by atoms with Gasteiger partial charge in [0.2, 0.25) is 5.91 Å². The Hall–Kier alpha value is -2.11. The van der Waals surface area contributed by atoms with Crippen LogP contribution in [-0.4, -0.2) is 23.4 Å². The number of esters is 1. The molecule has 0 spiro atoms. The zero-order valence-corrected chi connectivity index (χ0v) is 14.1. The molecule has 1 aromatic heterocycles. The van der Waals surface area contributed by atoms with E-state index in [9.17, 15) is 9.59 Å². The van der Waals surface area contributed by atoms with Crippen LogP contribution < -0.4 is 4.90 Å².